The van der Waals surface area contributed by atoms with Gasteiger partial charge in [-0.2, -0.15) is 8.42 Å². The fourth-order valence-electron chi connectivity index (χ4n) is 2.46. The summed E-state index contributed by atoms with van der Waals surface area (Å²) >= 11 is 0. The highest BCUT2D eigenvalue weighted by Crippen LogP contribution is 2.37. The number of rotatable bonds is 2. The van der Waals surface area contributed by atoms with Crippen molar-refractivity contribution in [2.45, 2.75) is 42.7 Å². The average molecular weight is 258 g/mol. The second-order valence-electron chi connectivity index (χ2n) is 4.42. The predicted octanol–water partition coefficient (Wildman–Crippen LogP) is 2.93. The van der Waals surface area contributed by atoms with E-state index >= 15 is 0 Å². The molecule has 2 atom stereocenters. The molecular formula is C12H15FO3S. The van der Waals surface area contributed by atoms with Gasteiger partial charge in [0.05, 0.1) is 4.90 Å². The number of hydrogen-bond acceptors (Lipinski definition) is 2. The third kappa shape index (κ3) is 2.66. The SMILES string of the molecule is O=S(=O)(O)c1ccccc1C1CCCCC1F. The van der Waals surface area contributed by atoms with E-state index in [2.05, 4.69) is 0 Å². The first-order chi connectivity index (χ1) is 8.00. The molecule has 5 heteroatoms. The van der Waals surface area contributed by atoms with E-state index in [4.69, 9.17) is 4.55 Å². The molecule has 17 heavy (non-hydrogen) atoms. The van der Waals surface area contributed by atoms with Crippen LogP contribution in [-0.2, 0) is 10.1 Å². The van der Waals surface area contributed by atoms with Gasteiger partial charge in [-0.05, 0) is 24.5 Å². The molecule has 0 saturated heterocycles. The topological polar surface area (TPSA) is 54.4 Å². The van der Waals surface area contributed by atoms with Crippen molar-refractivity contribution in [2.24, 2.45) is 0 Å². The van der Waals surface area contributed by atoms with Crippen LogP contribution in [0.15, 0.2) is 29.2 Å². The van der Waals surface area contributed by atoms with Crippen molar-refractivity contribution in [3.05, 3.63) is 29.8 Å². The molecule has 0 bridgehead atoms. The van der Waals surface area contributed by atoms with Gasteiger partial charge in [-0.1, -0.05) is 31.0 Å². The number of halogens is 1. The molecule has 1 N–H and O–H groups in total. The molecule has 0 radical (unpaired) electrons. The molecule has 0 spiro atoms. The van der Waals surface area contributed by atoms with Gasteiger partial charge >= 0.3 is 0 Å². The first kappa shape index (κ1) is 12.5. The smallest absolute Gasteiger partial charge is 0.282 e. The van der Waals surface area contributed by atoms with Gasteiger partial charge in [-0.3, -0.25) is 4.55 Å². The Morgan fingerprint density at radius 3 is 2.47 bits per heavy atom. The molecule has 1 aliphatic rings. The highest BCUT2D eigenvalue weighted by molar-refractivity contribution is 7.85. The van der Waals surface area contributed by atoms with E-state index in [9.17, 15) is 12.8 Å². The lowest BCUT2D eigenvalue weighted by Crippen LogP contribution is -2.20. The van der Waals surface area contributed by atoms with E-state index in [0.29, 0.717) is 18.4 Å². The first-order valence-electron chi connectivity index (χ1n) is 5.70. The van der Waals surface area contributed by atoms with Crippen LogP contribution >= 0.6 is 0 Å². The zero-order valence-corrected chi connectivity index (χ0v) is 10.2. The lowest BCUT2D eigenvalue weighted by molar-refractivity contribution is 0.214. The van der Waals surface area contributed by atoms with E-state index < -0.39 is 22.2 Å². The Morgan fingerprint density at radius 1 is 1.18 bits per heavy atom. The highest BCUT2D eigenvalue weighted by atomic mass is 32.2. The molecule has 0 amide bonds. The van der Waals surface area contributed by atoms with Crippen LogP contribution in [0.4, 0.5) is 4.39 Å². The van der Waals surface area contributed by atoms with Crippen LogP contribution in [0.1, 0.15) is 37.2 Å². The summed E-state index contributed by atoms with van der Waals surface area (Å²) < 4.78 is 45.4. The molecule has 1 fully saturated rings. The summed E-state index contributed by atoms with van der Waals surface area (Å²) in [5.74, 6) is -0.415. The summed E-state index contributed by atoms with van der Waals surface area (Å²) in [4.78, 5) is -0.158. The Kier molecular flexibility index (Phi) is 3.49. The summed E-state index contributed by atoms with van der Waals surface area (Å²) in [5, 5.41) is 0. The van der Waals surface area contributed by atoms with Crippen molar-refractivity contribution in [3.63, 3.8) is 0 Å². The van der Waals surface area contributed by atoms with Gasteiger partial charge in [0.15, 0.2) is 0 Å². The average Bonchev–Trinajstić information content (AvgIpc) is 2.28. The maximum Gasteiger partial charge on any atom is 0.294 e. The van der Waals surface area contributed by atoms with Crippen molar-refractivity contribution >= 4 is 10.1 Å². The molecule has 0 aliphatic heterocycles. The van der Waals surface area contributed by atoms with Crippen LogP contribution in [0.3, 0.4) is 0 Å². The van der Waals surface area contributed by atoms with E-state index in [-0.39, 0.29) is 4.90 Å². The van der Waals surface area contributed by atoms with Crippen molar-refractivity contribution in [2.75, 3.05) is 0 Å². The number of alkyl halides is 1. The zero-order chi connectivity index (χ0) is 12.5. The van der Waals surface area contributed by atoms with Crippen molar-refractivity contribution in [1.82, 2.24) is 0 Å². The van der Waals surface area contributed by atoms with Crippen molar-refractivity contribution in [1.29, 1.82) is 0 Å². The second kappa shape index (κ2) is 4.74. The predicted molar refractivity (Wildman–Crippen MR) is 62.4 cm³/mol. The number of benzene rings is 1. The Balaban J connectivity index is 2.44. The van der Waals surface area contributed by atoms with E-state index in [1.165, 1.54) is 12.1 Å². The standard InChI is InChI=1S/C12H15FO3S/c13-11-7-3-1-5-9(11)10-6-2-4-8-12(10)17(14,15)16/h2,4,6,8-9,11H,1,3,5,7H2,(H,14,15,16). The van der Waals surface area contributed by atoms with Gasteiger partial charge in [0, 0.05) is 5.92 Å². The van der Waals surface area contributed by atoms with E-state index in [0.717, 1.165) is 12.8 Å². The molecule has 94 valence electrons. The van der Waals surface area contributed by atoms with Crippen LogP contribution in [0.25, 0.3) is 0 Å². The summed E-state index contributed by atoms with van der Waals surface area (Å²) in [7, 11) is -4.27. The van der Waals surface area contributed by atoms with E-state index in [1.807, 2.05) is 0 Å². The summed E-state index contributed by atoms with van der Waals surface area (Å²) in [6, 6.07) is 6.12. The molecule has 1 aromatic rings. The van der Waals surface area contributed by atoms with Crippen LogP contribution in [0, 0.1) is 0 Å². The van der Waals surface area contributed by atoms with Crippen molar-refractivity contribution in [3.8, 4) is 0 Å². The third-order valence-electron chi connectivity index (χ3n) is 3.28. The van der Waals surface area contributed by atoms with Gasteiger partial charge in [0.2, 0.25) is 0 Å². The largest absolute Gasteiger partial charge is 0.294 e. The van der Waals surface area contributed by atoms with Gasteiger partial charge in [-0.25, -0.2) is 4.39 Å². The fourth-order valence-corrected chi connectivity index (χ4v) is 3.23. The lowest BCUT2D eigenvalue weighted by Gasteiger charge is -2.27. The second-order valence-corrected chi connectivity index (χ2v) is 5.81. The minimum absolute atomic E-state index is 0.158. The molecule has 1 aliphatic carbocycles. The van der Waals surface area contributed by atoms with Crippen molar-refractivity contribution < 1.29 is 17.4 Å². The molecule has 1 saturated carbocycles. The third-order valence-corrected chi connectivity index (χ3v) is 4.21. The highest BCUT2D eigenvalue weighted by Gasteiger charge is 2.30. The maximum atomic E-state index is 13.8. The summed E-state index contributed by atoms with van der Waals surface area (Å²) in [6.07, 6.45) is 1.81. The van der Waals surface area contributed by atoms with Gasteiger partial charge < -0.3 is 0 Å². The quantitative estimate of drug-likeness (QED) is 0.830. The van der Waals surface area contributed by atoms with E-state index in [1.54, 1.807) is 12.1 Å². The minimum atomic E-state index is -4.27. The Labute approximate surface area is 100 Å². The Bertz CT molecular complexity index is 498. The minimum Gasteiger partial charge on any atom is -0.282 e. The van der Waals surface area contributed by atoms with Gasteiger partial charge in [0.25, 0.3) is 10.1 Å². The molecule has 0 aromatic heterocycles. The van der Waals surface area contributed by atoms with Crippen LogP contribution < -0.4 is 0 Å². The lowest BCUT2D eigenvalue weighted by atomic mass is 9.82. The molecule has 3 nitrogen and oxygen atoms in total. The van der Waals surface area contributed by atoms with Gasteiger partial charge in [-0.15, -0.1) is 0 Å². The summed E-state index contributed by atoms with van der Waals surface area (Å²) in [6.45, 7) is 0. The summed E-state index contributed by atoms with van der Waals surface area (Å²) in [5.41, 5.74) is 0.405. The normalized spacial score (nSPS) is 25.8. The molecule has 0 heterocycles. The first-order valence-corrected chi connectivity index (χ1v) is 7.14. The monoisotopic (exact) mass is 258 g/mol. The number of hydrogen-bond donors (Lipinski definition) is 1. The molecule has 2 unspecified atom stereocenters. The molecule has 1 aromatic carbocycles. The Morgan fingerprint density at radius 2 is 1.82 bits per heavy atom. The molecular weight excluding hydrogens is 243 g/mol. The van der Waals surface area contributed by atoms with Crippen LogP contribution in [-0.4, -0.2) is 19.1 Å². The zero-order valence-electron chi connectivity index (χ0n) is 9.34. The molecule has 2 rings (SSSR count). The van der Waals surface area contributed by atoms with Gasteiger partial charge in [0.1, 0.15) is 6.17 Å². The maximum absolute atomic E-state index is 13.8. The van der Waals surface area contributed by atoms with Crippen LogP contribution in [0.2, 0.25) is 0 Å². The fraction of sp³-hybridized carbons (Fsp3) is 0.500. The Hall–Kier alpha value is -0.940. The van der Waals surface area contributed by atoms with Crippen LogP contribution in [0.5, 0.6) is 0 Å².